The van der Waals surface area contributed by atoms with Crippen molar-refractivity contribution < 1.29 is 28.9 Å². The minimum absolute atomic E-state index is 0.0618. The molecule has 152 valence electrons. The fourth-order valence-electron chi connectivity index (χ4n) is 1.99. The summed E-state index contributed by atoms with van der Waals surface area (Å²) in [7, 11) is 0. The van der Waals surface area contributed by atoms with E-state index in [0.29, 0.717) is 11.1 Å². The zero-order valence-electron chi connectivity index (χ0n) is 15.2. The molecule has 0 N–H and O–H groups in total. The summed E-state index contributed by atoms with van der Waals surface area (Å²) in [6.07, 6.45) is 6.72. The smallest absolute Gasteiger partial charge is 0.335 e. The summed E-state index contributed by atoms with van der Waals surface area (Å²) in [6.45, 7) is 0. The molecule has 30 heavy (non-hydrogen) atoms. The Kier molecular flexibility index (Phi) is 7.71. The normalized spacial score (nSPS) is 11.1. The van der Waals surface area contributed by atoms with Gasteiger partial charge in [0.1, 0.15) is 0 Å². The molecule has 0 aliphatic heterocycles. The molecular weight excluding hydrogens is 396 g/mol. The lowest BCUT2D eigenvalue weighted by molar-refractivity contribution is -0.385. The molecule has 10 nitrogen and oxygen atoms in total. The monoisotopic (exact) mass is 410 g/mol. The molecule has 0 saturated carbocycles. The quantitative estimate of drug-likeness (QED) is 0.211. The molecule has 0 aliphatic rings. The zero-order valence-corrected chi connectivity index (χ0v) is 15.2. The number of carbonyl (C=O) groups excluding carboxylic acids is 2. The first-order chi connectivity index (χ1) is 14.3. The lowest BCUT2D eigenvalue weighted by atomic mass is 10.2. The number of nitrogens with zero attached hydrogens (tertiary/aromatic N) is 2. The van der Waals surface area contributed by atoms with Crippen LogP contribution in [-0.2, 0) is 19.1 Å². The van der Waals surface area contributed by atoms with Crippen molar-refractivity contribution in [3.63, 3.8) is 0 Å². The van der Waals surface area contributed by atoms with Gasteiger partial charge in [0.15, 0.2) is 0 Å². The third-order valence-corrected chi connectivity index (χ3v) is 3.45. The third-order valence-electron chi connectivity index (χ3n) is 3.45. The van der Waals surface area contributed by atoms with Gasteiger partial charge in [0, 0.05) is 36.4 Å². The van der Waals surface area contributed by atoms with Gasteiger partial charge in [-0.1, -0.05) is 0 Å². The van der Waals surface area contributed by atoms with Gasteiger partial charge in [-0.15, -0.1) is 0 Å². The lowest BCUT2D eigenvalue weighted by Crippen LogP contribution is -1.98. The van der Waals surface area contributed by atoms with Crippen LogP contribution >= 0.6 is 0 Å². The Morgan fingerprint density at radius 3 is 1.30 bits per heavy atom. The van der Waals surface area contributed by atoms with Crippen molar-refractivity contribution in [1.82, 2.24) is 0 Å². The summed E-state index contributed by atoms with van der Waals surface area (Å²) in [4.78, 5) is 43.1. The predicted octanol–water partition coefficient (Wildman–Crippen LogP) is 3.79. The minimum Gasteiger partial charge on any atom is -0.431 e. The molecule has 0 fully saturated rings. The van der Waals surface area contributed by atoms with Gasteiger partial charge in [-0.05, 0) is 47.5 Å². The van der Waals surface area contributed by atoms with Gasteiger partial charge >= 0.3 is 11.9 Å². The van der Waals surface area contributed by atoms with Gasteiger partial charge in [0.05, 0.1) is 22.4 Å². The van der Waals surface area contributed by atoms with E-state index in [4.69, 9.17) is 9.47 Å². The van der Waals surface area contributed by atoms with Crippen LogP contribution in [0.5, 0.6) is 0 Å². The van der Waals surface area contributed by atoms with Crippen molar-refractivity contribution in [1.29, 1.82) is 0 Å². The number of rotatable bonds is 8. The second kappa shape index (κ2) is 10.7. The summed E-state index contributed by atoms with van der Waals surface area (Å²) >= 11 is 0. The molecule has 0 unspecified atom stereocenters. The van der Waals surface area contributed by atoms with Gasteiger partial charge in [-0.2, -0.15) is 0 Å². The highest BCUT2D eigenvalue weighted by molar-refractivity contribution is 5.92. The standard InChI is InChI=1S/C20H14N2O8/c23-19(29-13-11-15-1-5-17(6-2-15)21(25)26)9-10-20(24)30-14-12-16-3-7-18(8-4-16)22(27)28/h1-14H/b10-9-,13-11?,14-12?. The SMILES string of the molecule is O=C(/C=C\C(=O)OC=Cc1ccc([N+](=O)[O-])cc1)OC=Cc1ccc([N+](=O)[O-])cc1. The van der Waals surface area contributed by atoms with Crippen molar-refractivity contribution in [3.05, 3.63) is 105 Å². The van der Waals surface area contributed by atoms with Crippen LogP contribution < -0.4 is 0 Å². The van der Waals surface area contributed by atoms with Crippen LogP contribution in [0.2, 0.25) is 0 Å². The van der Waals surface area contributed by atoms with E-state index in [0.717, 1.165) is 24.7 Å². The van der Waals surface area contributed by atoms with Crippen LogP contribution in [0.4, 0.5) is 11.4 Å². The van der Waals surface area contributed by atoms with Gasteiger partial charge in [0.2, 0.25) is 0 Å². The van der Waals surface area contributed by atoms with Crippen molar-refractivity contribution in [2.24, 2.45) is 0 Å². The Balaban J connectivity index is 1.77. The third kappa shape index (κ3) is 7.19. The maximum atomic E-state index is 11.5. The van der Waals surface area contributed by atoms with E-state index in [2.05, 4.69) is 0 Å². The fourth-order valence-corrected chi connectivity index (χ4v) is 1.99. The van der Waals surface area contributed by atoms with Crippen LogP contribution in [0, 0.1) is 20.2 Å². The minimum atomic E-state index is -0.829. The Bertz CT molecular complexity index is 938. The summed E-state index contributed by atoms with van der Waals surface area (Å²) in [5, 5.41) is 21.1. The first-order valence-corrected chi connectivity index (χ1v) is 8.26. The number of hydrogen-bond donors (Lipinski definition) is 0. The van der Waals surface area contributed by atoms with Crippen LogP contribution in [0.15, 0.2) is 73.2 Å². The molecule has 0 atom stereocenters. The van der Waals surface area contributed by atoms with Gasteiger partial charge in [-0.3, -0.25) is 20.2 Å². The van der Waals surface area contributed by atoms with E-state index in [9.17, 15) is 29.8 Å². The van der Waals surface area contributed by atoms with Gasteiger partial charge in [-0.25, -0.2) is 9.59 Å². The van der Waals surface area contributed by atoms with Crippen LogP contribution in [0.1, 0.15) is 11.1 Å². The van der Waals surface area contributed by atoms with E-state index in [1.54, 1.807) is 0 Å². The highest BCUT2D eigenvalue weighted by Crippen LogP contribution is 2.13. The second-order valence-electron chi connectivity index (χ2n) is 5.51. The Morgan fingerprint density at radius 2 is 1.00 bits per heavy atom. The molecule has 2 aromatic rings. The number of nitro groups is 2. The lowest BCUT2D eigenvalue weighted by Gasteiger charge is -1.96. The highest BCUT2D eigenvalue weighted by atomic mass is 16.6. The number of ether oxygens (including phenoxy) is 2. The Hall–Kier alpha value is -4.60. The van der Waals surface area contributed by atoms with Crippen molar-refractivity contribution in [2.45, 2.75) is 0 Å². The topological polar surface area (TPSA) is 139 Å². The van der Waals surface area contributed by atoms with Gasteiger partial charge < -0.3 is 9.47 Å². The number of nitro benzene ring substituents is 2. The molecule has 0 saturated heterocycles. The van der Waals surface area contributed by atoms with Crippen molar-refractivity contribution in [3.8, 4) is 0 Å². The van der Waals surface area contributed by atoms with Crippen LogP contribution in [-0.4, -0.2) is 21.8 Å². The molecule has 0 heterocycles. The van der Waals surface area contributed by atoms with E-state index >= 15 is 0 Å². The summed E-state index contributed by atoms with van der Waals surface area (Å²) in [6, 6.07) is 11.1. The van der Waals surface area contributed by atoms with Crippen LogP contribution in [0.25, 0.3) is 12.2 Å². The van der Waals surface area contributed by atoms with E-state index in [-0.39, 0.29) is 11.4 Å². The van der Waals surface area contributed by atoms with Crippen molar-refractivity contribution >= 4 is 35.5 Å². The number of hydrogen-bond acceptors (Lipinski definition) is 8. The summed E-state index contributed by atoms with van der Waals surface area (Å²) in [5.74, 6) is -1.66. The van der Waals surface area contributed by atoms with Gasteiger partial charge in [0.25, 0.3) is 11.4 Å². The first-order valence-electron chi connectivity index (χ1n) is 8.26. The molecule has 10 heteroatoms. The summed E-state index contributed by atoms with van der Waals surface area (Å²) < 4.78 is 9.51. The van der Waals surface area contributed by atoms with Crippen LogP contribution in [0.3, 0.4) is 0 Å². The summed E-state index contributed by atoms with van der Waals surface area (Å²) in [5.41, 5.74) is 1.03. The largest absolute Gasteiger partial charge is 0.431 e. The molecule has 2 aromatic carbocycles. The number of carbonyl (C=O) groups is 2. The molecule has 0 bridgehead atoms. The molecule has 0 amide bonds. The zero-order chi connectivity index (χ0) is 21.9. The predicted molar refractivity (Wildman–Crippen MR) is 106 cm³/mol. The average molecular weight is 410 g/mol. The molecule has 0 radical (unpaired) electrons. The van der Waals surface area contributed by atoms with E-state index < -0.39 is 21.8 Å². The maximum Gasteiger partial charge on any atom is 0.335 e. The number of esters is 2. The Labute approximate surface area is 169 Å². The maximum absolute atomic E-state index is 11.5. The first kappa shape index (κ1) is 21.7. The molecule has 2 rings (SSSR count). The average Bonchev–Trinajstić information content (AvgIpc) is 2.73. The van der Waals surface area contributed by atoms with Crippen molar-refractivity contribution in [2.75, 3.05) is 0 Å². The highest BCUT2D eigenvalue weighted by Gasteiger charge is 2.04. The number of benzene rings is 2. The van der Waals surface area contributed by atoms with E-state index in [1.165, 1.54) is 60.7 Å². The molecule has 0 spiro atoms. The van der Waals surface area contributed by atoms with E-state index in [1.807, 2.05) is 0 Å². The molecule has 0 aromatic heterocycles. The molecule has 0 aliphatic carbocycles. The fraction of sp³-hybridized carbons (Fsp3) is 0. The molecular formula is C20H14N2O8. The second-order valence-corrected chi connectivity index (χ2v) is 5.51. The number of non-ortho nitro benzene ring substituents is 2. The Morgan fingerprint density at radius 1 is 0.667 bits per heavy atom.